The Morgan fingerprint density at radius 2 is 2.00 bits per heavy atom. The number of anilines is 3. The average molecular weight is 454 g/mol. The summed E-state index contributed by atoms with van der Waals surface area (Å²) in [5.74, 6) is -3.57. The highest BCUT2D eigenvalue weighted by atomic mass is 19.1. The normalized spacial score (nSPS) is 34.1. The summed E-state index contributed by atoms with van der Waals surface area (Å²) in [5, 5.41) is 15.5. The highest BCUT2D eigenvalue weighted by molar-refractivity contribution is 5.76. The number of aliphatic hydroxyl groups is 1. The van der Waals surface area contributed by atoms with Gasteiger partial charge in [-0.3, -0.25) is 4.57 Å². The van der Waals surface area contributed by atoms with Crippen LogP contribution >= 0.6 is 0 Å². The van der Waals surface area contributed by atoms with E-state index in [1.165, 1.54) is 10.8 Å². The first-order chi connectivity index (χ1) is 17.7. The standard InChI is InChI=1S/C21H23F3N6O2/c22-11-7-15(23)18(16(24)8-11)28-21-27-17-9-25-20(26-12-1-3-14(31)4-2-12)29-19(17)30(21)13-5-6-32-10-13/h7-9,12-14,31H,1-6,10H2,(H,27,28)(H,25,26,29)/i1D,3D2,4D2,14D. The number of hydrogen-bond acceptors (Lipinski definition) is 7. The van der Waals surface area contributed by atoms with E-state index in [1.54, 1.807) is 0 Å². The van der Waals surface area contributed by atoms with Crippen LogP contribution in [0.1, 0.15) is 46.3 Å². The molecule has 0 bridgehead atoms. The third-order valence-corrected chi connectivity index (χ3v) is 5.17. The Kier molecular flexibility index (Phi) is 4.01. The van der Waals surface area contributed by atoms with Gasteiger partial charge in [0, 0.05) is 31.6 Å². The van der Waals surface area contributed by atoms with Gasteiger partial charge in [-0.2, -0.15) is 4.98 Å². The van der Waals surface area contributed by atoms with Gasteiger partial charge in [0.25, 0.3) is 0 Å². The SMILES string of the molecule is [2H]C1C(Nc2ncc3nc(Nc4c(F)cc(F)cc4F)n(C4CCOC4)c3n2)CC([2H])([2H])C([2H])(O)C1([2H])[2H]. The monoisotopic (exact) mass is 454 g/mol. The smallest absolute Gasteiger partial charge is 0.224 e. The van der Waals surface area contributed by atoms with Gasteiger partial charge >= 0.3 is 0 Å². The fourth-order valence-electron chi connectivity index (χ4n) is 3.65. The fraction of sp³-hybridized carbons (Fsp3) is 0.476. The number of rotatable bonds is 5. The van der Waals surface area contributed by atoms with E-state index >= 15 is 0 Å². The molecule has 3 N–H and O–H groups in total. The third kappa shape index (κ3) is 4.09. The maximum atomic E-state index is 14.4. The number of aromatic nitrogens is 4. The van der Waals surface area contributed by atoms with E-state index in [-0.39, 0.29) is 35.7 Å². The molecule has 11 heteroatoms. The van der Waals surface area contributed by atoms with Crippen molar-refractivity contribution in [3.8, 4) is 0 Å². The lowest BCUT2D eigenvalue weighted by atomic mass is 9.93. The number of ether oxygens (including phenoxy) is 1. The van der Waals surface area contributed by atoms with Gasteiger partial charge in [-0.15, -0.1) is 0 Å². The number of nitrogens with zero attached hydrogens (tertiary/aromatic N) is 4. The minimum absolute atomic E-state index is 0.0191. The molecular formula is C21H23F3N6O2. The van der Waals surface area contributed by atoms with Gasteiger partial charge in [-0.1, -0.05) is 0 Å². The van der Waals surface area contributed by atoms with Crippen molar-refractivity contribution in [3.63, 3.8) is 0 Å². The van der Waals surface area contributed by atoms with Crippen LogP contribution < -0.4 is 10.6 Å². The minimum atomic E-state index is -3.15. The lowest BCUT2D eigenvalue weighted by Crippen LogP contribution is -2.29. The van der Waals surface area contributed by atoms with Gasteiger partial charge in [0.15, 0.2) is 17.3 Å². The first kappa shape index (κ1) is 15.0. The Hall–Kier alpha value is -2.92. The van der Waals surface area contributed by atoms with Crippen LogP contribution in [0.5, 0.6) is 0 Å². The molecule has 0 spiro atoms. The van der Waals surface area contributed by atoms with Crippen LogP contribution in [0.15, 0.2) is 18.3 Å². The second-order valence-corrected chi connectivity index (χ2v) is 7.39. The molecule has 1 aliphatic carbocycles. The molecule has 170 valence electrons. The van der Waals surface area contributed by atoms with Crippen molar-refractivity contribution in [2.24, 2.45) is 0 Å². The molecule has 0 amide bonds. The van der Waals surface area contributed by atoms with E-state index in [9.17, 15) is 18.3 Å². The van der Waals surface area contributed by atoms with Crippen molar-refractivity contribution < 1.29 is 31.2 Å². The molecular weight excluding hydrogens is 425 g/mol. The summed E-state index contributed by atoms with van der Waals surface area (Å²) in [6.45, 7) is 0.642. The lowest BCUT2D eigenvalue weighted by Gasteiger charge is -2.26. The Labute approximate surface area is 190 Å². The molecule has 4 unspecified atom stereocenters. The molecule has 2 aromatic heterocycles. The maximum absolute atomic E-state index is 14.4. The summed E-state index contributed by atoms with van der Waals surface area (Å²) in [5.41, 5.74) is -0.214. The van der Waals surface area contributed by atoms with Crippen molar-refractivity contribution in [1.82, 2.24) is 19.5 Å². The van der Waals surface area contributed by atoms with Crippen molar-refractivity contribution >= 4 is 28.7 Å². The van der Waals surface area contributed by atoms with Gasteiger partial charge in [0.2, 0.25) is 11.9 Å². The van der Waals surface area contributed by atoms with Crippen LogP contribution in [0.4, 0.5) is 30.8 Å². The highest BCUT2D eigenvalue weighted by Crippen LogP contribution is 2.32. The zero-order valence-corrected chi connectivity index (χ0v) is 16.6. The summed E-state index contributed by atoms with van der Waals surface area (Å²) < 4.78 is 97.2. The number of imidazole rings is 1. The topological polar surface area (TPSA) is 97.1 Å². The molecule has 8 nitrogen and oxygen atoms in total. The van der Waals surface area contributed by atoms with Crippen LogP contribution in [-0.4, -0.2) is 50.0 Å². The molecule has 0 radical (unpaired) electrons. The number of benzene rings is 1. The zero-order valence-electron chi connectivity index (χ0n) is 22.6. The summed E-state index contributed by atoms with van der Waals surface area (Å²) >= 11 is 0. The molecule has 1 saturated heterocycles. The van der Waals surface area contributed by atoms with E-state index in [1.807, 2.05) is 0 Å². The molecule has 4 atom stereocenters. The largest absolute Gasteiger partial charge is 0.393 e. The second kappa shape index (κ2) is 8.55. The van der Waals surface area contributed by atoms with Crippen LogP contribution in [0.25, 0.3) is 11.2 Å². The predicted octanol–water partition coefficient (Wildman–Crippen LogP) is 3.66. The Balaban J connectivity index is 1.53. The van der Waals surface area contributed by atoms with Crippen molar-refractivity contribution in [3.05, 3.63) is 35.8 Å². The van der Waals surface area contributed by atoms with Crippen LogP contribution in [0.3, 0.4) is 0 Å². The quantitative estimate of drug-likeness (QED) is 0.541. The number of halogens is 3. The van der Waals surface area contributed by atoms with Gasteiger partial charge < -0.3 is 20.5 Å². The Morgan fingerprint density at radius 3 is 2.75 bits per heavy atom. The molecule has 3 heterocycles. The van der Waals surface area contributed by atoms with Gasteiger partial charge in [-0.25, -0.2) is 23.1 Å². The second-order valence-electron chi connectivity index (χ2n) is 7.39. The summed E-state index contributed by atoms with van der Waals surface area (Å²) in [4.78, 5) is 12.8. The fourth-order valence-corrected chi connectivity index (χ4v) is 3.65. The molecule has 1 saturated carbocycles. The van der Waals surface area contributed by atoms with E-state index in [2.05, 4.69) is 25.6 Å². The predicted molar refractivity (Wildman–Crippen MR) is 111 cm³/mol. The zero-order chi connectivity index (χ0) is 27.6. The average Bonchev–Trinajstić information content (AvgIpc) is 3.46. The Morgan fingerprint density at radius 1 is 1.19 bits per heavy atom. The van der Waals surface area contributed by atoms with Crippen LogP contribution in [0, 0.1) is 17.5 Å². The molecule has 32 heavy (non-hydrogen) atoms. The summed E-state index contributed by atoms with van der Waals surface area (Å²) in [7, 11) is 0. The minimum Gasteiger partial charge on any atom is -0.393 e. The summed E-state index contributed by atoms with van der Waals surface area (Å²) in [6.07, 6.45) is -9.30. The number of fused-ring (bicyclic) bond motifs is 1. The first-order valence-electron chi connectivity index (χ1n) is 13.0. The summed E-state index contributed by atoms with van der Waals surface area (Å²) in [6, 6.07) is -0.517. The van der Waals surface area contributed by atoms with Gasteiger partial charge in [0.1, 0.15) is 17.0 Å². The highest BCUT2D eigenvalue weighted by Gasteiger charge is 2.27. The third-order valence-electron chi connectivity index (χ3n) is 5.17. The van der Waals surface area contributed by atoms with Crippen molar-refractivity contribution in [2.75, 3.05) is 23.8 Å². The first-order valence-corrected chi connectivity index (χ1v) is 9.88. The van der Waals surface area contributed by atoms with Crippen LogP contribution in [0.2, 0.25) is 0 Å². The van der Waals surface area contributed by atoms with E-state index < -0.39 is 60.8 Å². The van der Waals surface area contributed by atoms with E-state index in [4.69, 9.17) is 13.0 Å². The van der Waals surface area contributed by atoms with E-state index in [0.29, 0.717) is 25.2 Å². The molecule has 1 aromatic carbocycles. The van der Waals surface area contributed by atoms with Crippen LogP contribution in [-0.2, 0) is 4.74 Å². The number of hydrogen-bond donors (Lipinski definition) is 3. The molecule has 2 fully saturated rings. The Bertz CT molecular complexity index is 1360. The van der Waals surface area contributed by atoms with Gasteiger partial charge in [0.05, 0.1) is 26.3 Å². The number of nitrogens with one attached hydrogen (secondary N) is 2. The van der Waals surface area contributed by atoms with Crippen molar-refractivity contribution in [1.29, 1.82) is 0 Å². The molecule has 2 aliphatic rings. The molecule has 5 rings (SSSR count). The van der Waals surface area contributed by atoms with Crippen molar-refractivity contribution in [2.45, 2.75) is 50.1 Å². The molecule has 3 aromatic rings. The van der Waals surface area contributed by atoms with Gasteiger partial charge in [-0.05, 0) is 32.0 Å². The van der Waals surface area contributed by atoms with E-state index in [0.717, 1.165) is 0 Å². The maximum Gasteiger partial charge on any atom is 0.224 e. The lowest BCUT2D eigenvalue weighted by molar-refractivity contribution is 0.126. The molecule has 1 aliphatic heterocycles.